The van der Waals surface area contributed by atoms with Gasteiger partial charge in [0.1, 0.15) is 0 Å². The Kier molecular flexibility index (Phi) is 2.61. The fraction of sp³-hybridized carbons (Fsp3) is 0. The van der Waals surface area contributed by atoms with Crippen LogP contribution in [0.4, 0.5) is 0 Å². The zero-order valence-corrected chi connectivity index (χ0v) is 11.4. The number of hydrogen-bond donors (Lipinski definition) is 0. The third-order valence-electron chi connectivity index (χ3n) is 3.84. The first-order valence-electron chi connectivity index (χ1n) is 6.93. The predicted molar refractivity (Wildman–Crippen MR) is 87.1 cm³/mol. The molecule has 0 spiro atoms. The van der Waals surface area contributed by atoms with Crippen LogP contribution in [0.3, 0.4) is 0 Å². The molecule has 0 atom stereocenters. The van der Waals surface area contributed by atoms with E-state index in [1.165, 1.54) is 0 Å². The number of nitrogens with zero attached hydrogens (tertiary/aromatic N) is 1. The molecule has 0 aliphatic heterocycles. The van der Waals surface area contributed by atoms with Gasteiger partial charge in [-0.25, -0.2) is 0 Å². The van der Waals surface area contributed by atoms with Gasteiger partial charge >= 0.3 is 0 Å². The molecule has 0 amide bonds. The SMILES string of the molecule is O=c1c2ccccc2ccn1-c1cccc2ccccc12. The van der Waals surface area contributed by atoms with Crippen molar-refractivity contribution < 1.29 is 0 Å². The van der Waals surface area contributed by atoms with Gasteiger partial charge in [-0.05, 0) is 29.0 Å². The van der Waals surface area contributed by atoms with Crippen LogP contribution >= 0.6 is 0 Å². The summed E-state index contributed by atoms with van der Waals surface area (Å²) in [6.07, 6.45) is 1.85. The molecule has 0 bridgehead atoms. The summed E-state index contributed by atoms with van der Waals surface area (Å²) < 4.78 is 1.73. The second kappa shape index (κ2) is 4.60. The highest BCUT2D eigenvalue weighted by molar-refractivity contribution is 5.91. The molecule has 0 saturated heterocycles. The lowest BCUT2D eigenvalue weighted by Gasteiger charge is -2.10. The number of aromatic nitrogens is 1. The summed E-state index contributed by atoms with van der Waals surface area (Å²) in [5.74, 6) is 0. The molecule has 2 heteroatoms. The van der Waals surface area contributed by atoms with Crippen LogP contribution < -0.4 is 5.56 Å². The molecule has 0 fully saturated rings. The standard InChI is InChI=1S/C19H13NO/c21-19-17-10-4-2-7-15(17)12-13-20(19)18-11-5-8-14-6-1-3-9-16(14)18/h1-13H. The quantitative estimate of drug-likeness (QED) is 0.510. The molecule has 2 nitrogen and oxygen atoms in total. The highest BCUT2D eigenvalue weighted by Crippen LogP contribution is 2.21. The maximum Gasteiger partial charge on any atom is 0.262 e. The molecule has 0 aliphatic rings. The summed E-state index contributed by atoms with van der Waals surface area (Å²) in [7, 11) is 0. The average Bonchev–Trinajstić information content (AvgIpc) is 2.55. The van der Waals surface area contributed by atoms with Crippen LogP contribution in [0.2, 0.25) is 0 Å². The van der Waals surface area contributed by atoms with Gasteiger partial charge in [-0.15, -0.1) is 0 Å². The molecule has 0 unspecified atom stereocenters. The fourth-order valence-electron chi connectivity index (χ4n) is 2.80. The Morgan fingerprint density at radius 1 is 0.619 bits per heavy atom. The van der Waals surface area contributed by atoms with Gasteiger partial charge in [-0.2, -0.15) is 0 Å². The van der Waals surface area contributed by atoms with E-state index in [9.17, 15) is 4.79 Å². The van der Waals surface area contributed by atoms with E-state index in [-0.39, 0.29) is 5.56 Å². The number of pyridine rings is 1. The molecule has 4 rings (SSSR count). The molecule has 0 radical (unpaired) electrons. The van der Waals surface area contributed by atoms with Crippen molar-refractivity contribution in [2.75, 3.05) is 0 Å². The van der Waals surface area contributed by atoms with Gasteiger partial charge in [0.25, 0.3) is 5.56 Å². The summed E-state index contributed by atoms with van der Waals surface area (Å²) >= 11 is 0. The van der Waals surface area contributed by atoms with Crippen molar-refractivity contribution in [1.82, 2.24) is 4.57 Å². The first-order valence-corrected chi connectivity index (χ1v) is 6.93. The van der Waals surface area contributed by atoms with E-state index in [1.54, 1.807) is 4.57 Å². The van der Waals surface area contributed by atoms with Crippen molar-refractivity contribution in [3.8, 4) is 5.69 Å². The normalized spacial score (nSPS) is 11.0. The van der Waals surface area contributed by atoms with Crippen LogP contribution in [-0.4, -0.2) is 4.57 Å². The Labute approximate surface area is 121 Å². The molecule has 3 aromatic carbocycles. The minimum Gasteiger partial charge on any atom is -0.283 e. The molecule has 0 aliphatic carbocycles. The van der Waals surface area contributed by atoms with Gasteiger partial charge in [0, 0.05) is 17.0 Å². The van der Waals surface area contributed by atoms with E-state index in [2.05, 4.69) is 12.1 Å². The molecule has 100 valence electrons. The fourth-order valence-corrected chi connectivity index (χ4v) is 2.80. The molecule has 0 saturated carbocycles. The van der Waals surface area contributed by atoms with Crippen molar-refractivity contribution >= 4 is 21.5 Å². The summed E-state index contributed by atoms with van der Waals surface area (Å²) in [6, 6.07) is 23.8. The van der Waals surface area contributed by atoms with Gasteiger partial charge in [0.2, 0.25) is 0 Å². The minimum absolute atomic E-state index is 0.0180. The van der Waals surface area contributed by atoms with Crippen LogP contribution in [0.15, 0.2) is 83.8 Å². The van der Waals surface area contributed by atoms with Crippen LogP contribution in [0.1, 0.15) is 0 Å². The second-order valence-corrected chi connectivity index (χ2v) is 5.08. The van der Waals surface area contributed by atoms with Gasteiger partial charge in [0.05, 0.1) is 5.69 Å². The smallest absolute Gasteiger partial charge is 0.262 e. The van der Waals surface area contributed by atoms with Crippen molar-refractivity contribution in [2.45, 2.75) is 0 Å². The van der Waals surface area contributed by atoms with Crippen LogP contribution in [0, 0.1) is 0 Å². The van der Waals surface area contributed by atoms with Crippen LogP contribution in [-0.2, 0) is 0 Å². The largest absolute Gasteiger partial charge is 0.283 e. The number of hydrogen-bond acceptors (Lipinski definition) is 1. The van der Waals surface area contributed by atoms with Crippen molar-refractivity contribution in [3.05, 3.63) is 89.3 Å². The molecular formula is C19H13NO. The Morgan fingerprint density at radius 3 is 2.05 bits per heavy atom. The maximum atomic E-state index is 12.7. The summed E-state index contributed by atoms with van der Waals surface area (Å²) in [5, 5.41) is 3.93. The number of rotatable bonds is 1. The van der Waals surface area contributed by atoms with Crippen molar-refractivity contribution in [2.24, 2.45) is 0 Å². The molecule has 1 heterocycles. The zero-order valence-electron chi connectivity index (χ0n) is 11.4. The first kappa shape index (κ1) is 11.9. The van der Waals surface area contributed by atoms with E-state index in [0.717, 1.165) is 27.2 Å². The molecular weight excluding hydrogens is 258 g/mol. The summed E-state index contributed by atoms with van der Waals surface area (Å²) in [5.41, 5.74) is 0.938. The lowest BCUT2D eigenvalue weighted by Crippen LogP contribution is -2.17. The van der Waals surface area contributed by atoms with Gasteiger partial charge in [0.15, 0.2) is 0 Å². The Bertz CT molecular complexity index is 1010. The minimum atomic E-state index is 0.0180. The lowest BCUT2D eigenvalue weighted by molar-refractivity contribution is 1.02. The first-order chi connectivity index (χ1) is 10.3. The van der Waals surface area contributed by atoms with Gasteiger partial charge < -0.3 is 0 Å². The third-order valence-corrected chi connectivity index (χ3v) is 3.84. The molecule has 0 N–H and O–H groups in total. The Hall–Kier alpha value is -2.87. The third kappa shape index (κ3) is 1.84. The zero-order chi connectivity index (χ0) is 14.2. The second-order valence-electron chi connectivity index (χ2n) is 5.08. The molecule has 21 heavy (non-hydrogen) atoms. The Morgan fingerprint density at radius 2 is 1.24 bits per heavy atom. The Balaban J connectivity index is 2.10. The van der Waals surface area contributed by atoms with E-state index in [0.29, 0.717) is 0 Å². The monoisotopic (exact) mass is 271 g/mol. The predicted octanol–water partition coefficient (Wildman–Crippen LogP) is 4.14. The summed E-state index contributed by atoms with van der Waals surface area (Å²) in [6.45, 7) is 0. The van der Waals surface area contributed by atoms with E-state index in [4.69, 9.17) is 0 Å². The van der Waals surface area contributed by atoms with E-state index < -0.39 is 0 Å². The van der Waals surface area contributed by atoms with Crippen LogP contribution in [0.5, 0.6) is 0 Å². The molecule has 4 aromatic rings. The van der Waals surface area contributed by atoms with Gasteiger partial charge in [-0.1, -0.05) is 54.6 Å². The summed E-state index contributed by atoms with van der Waals surface area (Å²) in [4.78, 5) is 12.7. The van der Waals surface area contributed by atoms with E-state index in [1.807, 2.05) is 66.9 Å². The van der Waals surface area contributed by atoms with Gasteiger partial charge in [-0.3, -0.25) is 9.36 Å². The average molecular weight is 271 g/mol. The number of fused-ring (bicyclic) bond motifs is 2. The van der Waals surface area contributed by atoms with Crippen LogP contribution in [0.25, 0.3) is 27.2 Å². The maximum absolute atomic E-state index is 12.7. The molecule has 1 aromatic heterocycles. The van der Waals surface area contributed by atoms with Crippen molar-refractivity contribution in [1.29, 1.82) is 0 Å². The van der Waals surface area contributed by atoms with E-state index >= 15 is 0 Å². The topological polar surface area (TPSA) is 22.0 Å². The highest BCUT2D eigenvalue weighted by atomic mass is 16.1. The van der Waals surface area contributed by atoms with Crippen molar-refractivity contribution in [3.63, 3.8) is 0 Å². The lowest BCUT2D eigenvalue weighted by atomic mass is 10.1. The number of benzene rings is 3. The highest BCUT2D eigenvalue weighted by Gasteiger charge is 2.06.